The van der Waals surface area contributed by atoms with Crippen molar-refractivity contribution in [3.05, 3.63) is 30.3 Å². The van der Waals surface area contributed by atoms with Crippen LogP contribution in [0.2, 0.25) is 0 Å². The van der Waals surface area contributed by atoms with Crippen molar-refractivity contribution in [2.75, 3.05) is 18.0 Å². The summed E-state index contributed by atoms with van der Waals surface area (Å²) in [6, 6.07) is 10.8. The van der Waals surface area contributed by atoms with E-state index in [1.807, 2.05) is 6.07 Å². The van der Waals surface area contributed by atoms with Crippen LogP contribution in [-0.2, 0) is 4.79 Å². The molecule has 1 aromatic rings. The van der Waals surface area contributed by atoms with Crippen LogP contribution in [-0.4, -0.2) is 36.2 Å². The minimum atomic E-state index is -0.190. The van der Waals surface area contributed by atoms with Crippen molar-refractivity contribution in [2.45, 2.75) is 57.1 Å². The number of rotatable bonds is 3. The number of nitrogens with zero attached hydrogens (tertiary/aromatic N) is 1. The molecule has 5 fully saturated rings. The van der Waals surface area contributed by atoms with Gasteiger partial charge in [-0.15, -0.1) is 0 Å². The van der Waals surface area contributed by atoms with E-state index in [0.717, 1.165) is 58.0 Å². The Bertz CT molecular complexity index is 660. The molecule has 2 unspecified atom stereocenters. The molecule has 0 aromatic heterocycles. The minimum absolute atomic E-state index is 0.157. The van der Waals surface area contributed by atoms with Crippen LogP contribution >= 0.6 is 0 Å². The summed E-state index contributed by atoms with van der Waals surface area (Å²) in [4.78, 5) is 15.7. The van der Waals surface area contributed by atoms with Crippen molar-refractivity contribution < 1.29 is 9.90 Å². The number of piperidine rings is 1. The molecule has 1 heterocycles. The maximum atomic E-state index is 13.3. The van der Waals surface area contributed by atoms with E-state index in [0.29, 0.717) is 17.8 Å². The maximum absolute atomic E-state index is 13.3. The zero-order valence-electron chi connectivity index (χ0n) is 15.4. The van der Waals surface area contributed by atoms with Gasteiger partial charge in [0.05, 0.1) is 11.5 Å². The lowest BCUT2D eigenvalue weighted by atomic mass is 9.48. The van der Waals surface area contributed by atoms with Crippen LogP contribution in [0.15, 0.2) is 30.3 Å². The summed E-state index contributed by atoms with van der Waals surface area (Å²) in [6.07, 6.45) is 7.17. The fourth-order valence-electron chi connectivity index (χ4n) is 6.58. The van der Waals surface area contributed by atoms with Crippen LogP contribution in [0.3, 0.4) is 0 Å². The lowest BCUT2D eigenvalue weighted by Gasteiger charge is -2.58. The number of carbonyl (C=O) groups excluding carboxylic acids is 1. The Labute approximate surface area is 156 Å². The van der Waals surface area contributed by atoms with Gasteiger partial charge in [0.15, 0.2) is 0 Å². The first-order valence-corrected chi connectivity index (χ1v) is 10.4. The highest BCUT2D eigenvalue weighted by Gasteiger charge is 2.58. The van der Waals surface area contributed by atoms with Crippen molar-refractivity contribution in [1.29, 1.82) is 0 Å². The van der Waals surface area contributed by atoms with Gasteiger partial charge in [-0.3, -0.25) is 4.79 Å². The Morgan fingerprint density at radius 2 is 1.85 bits per heavy atom. The largest absolute Gasteiger partial charge is 0.393 e. The molecule has 5 aliphatic rings. The molecule has 6 rings (SSSR count). The zero-order valence-corrected chi connectivity index (χ0v) is 15.4. The summed E-state index contributed by atoms with van der Waals surface area (Å²) in [6.45, 7) is 1.98. The number of aliphatic hydroxyl groups excluding tert-OH is 1. The van der Waals surface area contributed by atoms with Gasteiger partial charge in [-0.1, -0.05) is 18.2 Å². The number of amides is 1. The summed E-state index contributed by atoms with van der Waals surface area (Å²) >= 11 is 0. The van der Waals surface area contributed by atoms with Crippen LogP contribution in [0.5, 0.6) is 0 Å². The highest BCUT2D eigenvalue weighted by Crippen LogP contribution is 2.60. The van der Waals surface area contributed by atoms with Crippen molar-refractivity contribution >= 4 is 11.6 Å². The van der Waals surface area contributed by atoms with Crippen LogP contribution in [0, 0.1) is 23.2 Å². The average molecular weight is 354 g/mol. The number of aliphatic hydroxyl groups is 1. The fourth-order valence-corrected chi connectivity index (χ4v) is 6.58. The molecule has 0 spiro atoms. The first-order chi connectivity index (χ1) is 12.6. The number of hydrogen-bond donors (Lipinski definition) is 2. The zero-order chi connectivity index (χ0) is 17.7. The number of hydrogen-bond acceptors (Lipinski definition) is 3. The number of anilines is 1. The minimum Gasteiger partial charge on any atom is -0.393 e. The molecule has 1 amide bonds. The van der Waals surface area contributed by atoms with Gasteiger partial charge in [-0.2, -0.15) is 0 Å². The molecule has 0 radical (unpaired) electrons. The molecule has 1 aliphatic heterocycles. The standard InChI is InChI=1S/C22H30N2O2/c25-20-16-9-15-10-17(20)13-22(11-15,12-16)21(26)23-18-5-4-8-24(14-18)19-6-2-1-3-7-19/h1-3,6-7,15-18,20,25H,4-5,8-14H2,(H,23,26)/t15?,16?,17?,18-,20?,22?/m0/s1. The second-order valence-electron chi connectivity index (χ2n) is 9.34. The summed E-state index contributed by atoms with van der Waals surface area (Å²) in [5.41, 5.74) is 1.06. The van der Waals surface area contributed by atoms with Gasteiger partial charge in [0, 0.05) is 24.8 Å². The van der Waals surface area contributed by atoms with Gasteiger partial charge in [0.1, 0.15) is 0 Å². The van der Waals surface area contributed by atoms with Gasteiger partial charge in [0.25, 0.3) is 0 Å². The third-order valence-electron chi connectivity index (χ3n) is 7.58. The molecule has 1 saturated heterocycles. The molecule has 4 nitrogen and oxygen atoms in total. The van der Waals surface area contributed by atoms with Crippen LogP contribution in [0.1, 0.15) is 44.9 Å². The quantitative estimate of drug-likeness (QED) is 0.877. The highest BCUT2D eigenvalue weighted by atomic mass is 16.3. The molecular formula is C22H30N2O2. The highest BCUT2D eigenvalue weighted by molar-refractivity contribution is 5.83. The summed E-state index contributed by atoms with van der Waals surface area (Å²) in [5.74, 6) is 1.66. The van der Waals surface area contributed by atoms with E-state index in [9.17, 15) is 9.90 Å². The first kappa shape index (κ1) is 16.6. The molecule has 1 aromatic carbocycles. The molecule has 140 valence electrons. The number of para-hydroxylation sites is 1. The Balaban J connectivity index is 1.27. The second-order valence-corrected chi connectivity index (χ2v) is 9.34. The molecule has 4 saturated carbocycles. The summed E-state index contributed by atoms with van der Waals surface area (Å²) < 4.78 is 0. The smallest absolute Gasteiger partial charge is 0.226 e. The molecule has 3 atom stereocenters. The Morgan fingerprint density at radius 3 is 2.58 bits per heavy atom. The molecule has 26 heavy (non-hydrogen) atoms. The Morgan fingerprint density at radius 1 is 1.12 bits per heavy atom. The average Bonchev–Trinajstić information content (AvgIpc) is 2.66. The molecule has 4 aliphatic carbocycles. The molecule has 4 bridgehead atoms. The predicted octanol–water partition coefficient (Wildman–Crippen LogP) is 2.96. The van der Waals surface area contributed by atoms with E-state index in [4.69, 9.17) is 0 Å². The van der Waals surface area contributed by atoms with Gasteiger partial charge in [0.2, 0.25) is 5.91 Å². The fraction of sp³-hybridized carbons (Fsp3) is 0.682. The van der Waals surface area contributed by atoms with Gasteiger partial charge in [-0.05, 0) is 74.8 Å². The van der Waals surface area contributed by atoms with Crippen molar-refractivity contribution in [1.82, 2.24) is 5.32 Å². The molecule has 4 heteroatoms. The van der Waals surface area contributed by atoms with Crippen molar-refractivity contribution in [3.63, 3.8) is 0 Å². The Hall–Kier alpha value is -1.55. The predicted molar refractivity (Wildman–Crippen MR) is 102 cm³/mol. The van der Waals surface area contributed by atoms with Crippen LogP contribution < -0.4 is 10.2 Å². The number of benzene rings is 1. The van der Waals surface area contributed by atoms with E-state index in [2.05, 4.69) is 34.5 Å². The van der Waals surface area contributed by atoms with E-state index >= 15 is 0 Å². The van der Waals surface area contributed by atoms with Crippen molar-refractivity contribution in [2.24, 2.45) is 23.2 Å². The van der Waals surface area contributed by atoms with Crippen molar-refractivity contribution in [3.8, 4) is 0 Å². The SMILES string of the molecule is O=C(N[C@H]1CCCN(c2ccccc2)C1)C12CC3CC(C1)C(O)C(C3)C2. The van der Waals surface area contributed by atoms with E-state index < -0.39 is 0 Å². The third-order valence-corrected chi connectivity index (χ3v) is 7.58. The van der Waals surface area contributed by atoms with Gasteiger partial charge in [-0.25, -0.2) is 0 Å². The van der Waals surface area contributed by atoms with Crippen LogP contribution in [0.4, 0.5) is 5.69 Å². The molecular weight excluding hydrogens is 324 g/mol. The second kappa shape index (κ2) is 6.26. The number of carbonyl (C=O) groups is 1. The Kier molecular flexibility index (Phi) is 4.00. The van der Waals surface area contributed by atoms with E-state index in [1.54, 1.807) is 0 Å². The monoisotopic (exact) mass is 354 g/mol. The maximum Gasteiger partial charge on any atom is 0.226 e. The molecule has 2 N–H and O–H groups in total. The van der Waals surface area contributed by atoms with Crippen LogP contribution in [0.25, 0.3) is 0 Å². The van der Waals surface area contributed by atoms with E-state index in [-0.39, 0.29) is 23.5 Å². The lowest BCUT2D eigenvalue weighted by molar-refractivity contribution is -0.163. The summed E-state index contributed by atoms with van der Waals surface area (Å²) in [5, 5.41) is 13.9. The summed E-state index contributed by atoms with van der Waals surface area (Å²) in [7, 11) is 0. The topological polar surface area (TPSA) is 52.6 Å². The van der Waals surface area contributed by atoms with Gasteiger partial charge < -0.3 is 15.3 Å². The third kappa shape index (κ3) is 2.74. The first-order valence-electron chi connectivity index (χ1n) is 10.4. The lowest BCUT2D eigenvalue weighted by Crippen LogP contribution is -2.60. The number of nitrogens with one attached hydrogen (secondary N) is 1. The van der Waals surface area contributed by atoms with Gasteiger partial charge >= 0.3 is 0 Å². The normalized spacial score (nSPS) is 41.3. The van der Waals surface area contributed by atoms with E-state index in [1.165, 1.54) is 5.69 Å².